The second kappa shape index (κ2) is 2.45. The van der Waals surface area contributed by atoms with E-state index in [0.29, 0.717) is 5.75 Å². The largest absolute Gasteiger partial charge is 0.499 e. The van der Waals surface area contributed by atoms with Crippen molar-refractivity contribution in [1.82, 2.24) is 0 Å². The minimum Gasteiger partial charge on any atom is -0.499 e. The first-order valence-electron chi connectivity index (χ1n) is 3.81. The molecule has 58 valence electrons. The third-order valence-electron chi connectivity index (χ3n) is 1.90. The van der Waals surface area contributed by atoms with E-state index < -0.39 is 0 Å². The van der Waals surface area contributed by atoms with E-state index in [-0.39, 0.29) is 0 Å². The molecule has 0 saturated heterocycles. The molecule has 0 amide bonds. The highest BCUT2D eigenvalue weighted by molar-refractivity contribution is 5.53. The number of rotatable bonds is 0. The van der Waals surface area contributed by atoms with Gasteiger partial charge in [-0.3, -0.25) is 0 Å². The van der Waals surface area contributed by atoms with Crippen LogP contribution in [-0.4, -0.2) is 5.11 Å². The van der Waals surface area contributed by atoms with E-state index in [0.717, 1.165) is 16.0 Å². The molecule has 0 fully saturated rings. The highest BCUT2D eigenvalue weighted by atomic mass is 16.3. The van der Waals surface area contributed by atoms with Crippen LogP contribution in [0.3, 0.4) is 0 Å². The molecule has 1 aliphatic carbocycles. The summed E-state index contributed by atoms with van der Waals surface area (Å²) < 4.78 is 0. The second-order valence-electron chi connectivity index (χ2n) is 2.84. The molecule has 0 atom stereocenters. The van der Waals surface area contributed by atoms with Crippen LogP contribution in [0.1, 0.15) is 5.56 Å². The summed E-state index contributed by atoms with van der Waals surface area (Å²) in [5.41, 5.74) is 1.03. The fourth-order valence-electron chi connectivity index (χ4n) is 1.35. The van der Waals surface area contributed by atoms with E-state index in [9.17, 15) is 5.11 Å². The Hall–Kier alpha value is -1.63. The van der Waals surface area contributed by atoms with Crippen molar-refractivity contribution in [2.45, 2.75) is 0 Å². The molecule has 1 aromatic carbocycles. The quantitative estimate of drug-likeness (QED) is 0.550. The van der Waals surface area contributed by atoms with Gasteiger partial charge in [-0.1, -0.05) is 6.58 Å². The Morgan fingerprint density at radius 3 is 3.00 bits per heavy atom. The van der Waals surface area contributed by atoms with Crippen LogP contribution in [0.5, 0.6) is 5.75 Å². The van der Waals surface area contributed by atoms with E-state index in [1.54, 1.807) is 6.07 Å². The van der Waals surface area contributed by atoms with Gasteiger partial charge in [-0.05, 0) is 0 Å². The smallest absolute Gasteiger partial charge is 0.169 e. The number of phenolic OH excluding ortho intramolecular Hbond substituents is 1. The normalized spacial score (nSPS) is 13.0. The zero-order chi connectivity index (χ0) is 8.55. The van der Waals surface area contributed by atoms with E-state index in [2.05, 4.69) is 6.58 Å². The maximum atomic E-state index is 9.51. The molecule has 1 N–H and O–H groups in total. The Bertz CT molecular complexity index is 441. The van der Waals surface area contributed by atoms with Gasteiger partial charge < -0.3 is 5.11 Å². The summed E-state index contributed by atoms with van der Waals surface area (Å²) >= 11 is 0. The van der Waals surface area contributed by atoms with Crippen molar-refractivity contribution in [3.05, 3.63) is 46.7 Å². The van der Waals surface area contributed by atoms with Gasteiger partial charge in [0.2, 0.25) is 0 Å². The Morgan fingerprint density at radius 2 is 2.17 bits per heavy atom. The number of aromatic hydroxyl groups is 1. The van der Waals surface area contributed by atoms with Gasteiger partial charge in [0.1, 0.15) is 10.8 Å². The van der Waals surface area contributed by atoms with Gasteiger partial charge in [0.15, 0.2) is 5.75 Å². The number of allylic oxidation sites excluding steroid dienone is 2. The summed E-state index contributed by atoms with van der Waals surface area (Å²) in [6, 6.07) is 3.62. The zero-order valence-corrected chi connectivity index (χ0v) is 6.62. The van der Waals surface area contributed by atoms with Crippen molar-refractivity contribution in [1.29, 1.82) is 0 Å². The lowest BCUT2D eigenvalue weighted by Crippen LogP contribution is -2.15. The maximum absolute atomic E-state index is 9.51. The van der Waals surface area contributed by atoms with E-state index in [4.69, 9.17) is 0 Å². The summed E-state index contributed by atoms with van der Waals surface area (Å²) in [4.78, 5) is 0. The van der Waals surface area contributed by atoms with Crippen molar-refractivity contribution < 1.29 is 5.11 Å². The second-order valence-corrected chi connectivity index (χ2v) is 2.84. The summed E-state index contributed by atoms with van der Waals surface area (Å²) in [5.74, 6) is 0.304. The average Bonchev–Trinajstić information content (AvgIpc) is 2.04. The molecule has 12 heavy (non-hydrogen) atoms. The van der Waals surface area contributed by atoms with Gasteiger partial charge in [0.25, 0.3) is 0 Å². The molecule has 0 aliphatic heterocycles. The summed E-state index contributed by atoms with van der Waals surface area (Å²) in [6.07, 6.45) is 7.71. The first kappa shape index (κ1) is 7.04. The molecule has 1 aromatic rings. The molecule has 0 unspecified atom stereocenters. The number of fused-ring (bicyclic) bond motifs is 1. The van der Waals surface area contributed by atoms with Crippen LogP contribution >= 0.6 is 0 Å². The molecule has 0 spiro atoms. The Kier molecular flexibility index (Phi) is 1.44. The van der Waals surface area contributed by atoms with Gasteiger partial charge in [-0.2, -0.15) is 0 Å². The molecule has 0 aromatic heterocycles. The van der Waals surface area contributed by atoms with Gasteiger partial charge in [-0.15, -0.1) is 0 Å². The zero-order valence-electron chi connectivity index (χ0n) is 6.62. The minimum absolute atomic E-state index is 0.304. The lowest BCUT2D eigenvalue weighted by molar-refractivity contribution is 0.470. The number of hydrogen-bond donors (Lipinski definition) is 1. The molecular weight excluding hydrogens is 148 g/mol. The van der Waals surface area contributed by atoms with Crippen molar-refractivity contribution in [2.75, 3.05) is 0 Å². The van der Waals surface area contributed by atoms with E-state index >= 15 is 0 Å². The van der Waals surface area contributed by atoms with Crippen LogP contribution in [0.25, 0.3) is 12.7 Å². The Labute approximate surface area is 71.0 Å². The van der Waals surface area contributed by atoms with E-state index in [1.807, 2.05) is 30.7 Å². The van der Waals surface area contributed by atoms with Crippen LogP contribution in [0.15, 0.2) is 24.3 Å². The monoisotopic (exact) mass is 157 g/mol. The average molecular weight is 157 g/mol. The molecule has 0 bridgehead atoms. The topological polar surface area (TPSA) is 20.2 Å². The van der Waals surface area contributed by atoms with Crippen molar-refractivity contribution in [3.8, 4) is 5.75 Å². The van der Waals surface area contributed by atoms with Gasteiger partial charge in [-0.25, -0.2) is 0 Å². The van der Waals surface area contributed by atoms with Crippen LogP contribution in [-0.2, 0) is 0 Å². The highest BCUT2D eigenvalue weighted by Crippen LogP contribution is 2.05. The van der Waals surface area contributed by atoms with Gasteiger partial charge >= 0.3 is 0 Å². The van der Waals surface area contributed by atoms with Crippen molar-refractivity contribution in [3.63, 3.8) is 0 Å². The minimum atomic E-state index is 0.304. The fraction of sp³-hybridized carbons (Fsp3) is 0. The molecule has 0 radical (unpaired) electrons. The van der Waals surface area contributed by atoms with Crippen LogP contribution in [0.4, 0.5) is 0 Å². The SMILES string of the molecule is C=c1cc(O)c2c(c1)[CH+]C=CC=2. The van der Waals surface area contributed by atoms with Gasteiger partial charge in [0, 0.05) is 42.0 Å². The van der Waals surface area contributed by atoms with E-state index in [1.165, 1.54) is 0 Å². The van der Waals surface area contributed by atoms with Crippen LogP contribution in [0.2, 0.25) is 0 Å². The lowest BCUT2D eigenvalue weighted by atomic mass is 10.0. The third kappa shape index (κ3) is 0.996. The van der Waals surface area contributed by atoms with Crippen molar-refractivity contribution >= 4 is 12.7 Å². The number of benzene rings is 1. The van der Waals surface area contributed by atoms with Crippen molar-refractivity contribution in [2.24, 2.45) is 0 Å². The third-order valence-corrected chi connectivity index (χ3v) is 1.90. The maximum Gasteiger partial charge on any atom is 0.169 e. The molecule has 1 nitrogen and oxygen atoms in total. The molecule has 1 heteroatoms. The predicted molar refractivity (Wildman–Crippen MR) is 49.9 cm³/mol. The number of hydrogen-bond acceptors (Lipinski definition) is 1. The Balaban J connectivity index is 2.85. The fourth-order valence-corrected chi connectivity index (χ4v) is 1.35. The number of phenols is 1. The summed E-state index contributed by atoms with van der Waals surface area (Å²) in [5, 5.41) is 11.2. The van der Waals surface area contributed by atoms with Gasteiger partial charge in [0.05, 0.1) is 0 Å². The molecule has 0 saturated carbocycles. The summed E-state index contributed by atoms with van der Waals surface area (Å²) in [6.45, 7) is 3.77. The molecular formula is C11H9O+. The molecule has 0 heterocycles. The van der Waals surface area contributed by atoms with Crippen LogP contribution < -0.4 is 10.4 Å². The molecule has 2 rings (SSSR count). The Morgan fingerprint density at radius 1 is 1.33 bits per heavy atom. The van der Waals surface area contributed by atoms with Crippen LogP contribution in [0, 0.1) is 6.42 Å². The summed E-state index contributed by atoms with van der Waals surface area (Å²) in [7, 11) is 0. The molecule has 1 aliphatic rings. The first-order valence-corrected chi connectivity index (χ1v) is 3.81. The predicted octanol–water partition coefficient (Wildman–Crippen LogP) is 0.705. The highest BCUT2D eigenvalue weighted by Gasteiger charge is 2.08. The lowest BCUT2D eigenvalue weighted by Gasteiger charge is -1.97. The standard InChI is InChI=1S/C11H8O/c1-8-6-9-4-2-3-5-10(9)11(12)7-8/h2-7H,1H2/p+1. The first-order chi connectivity index (χ1) is 5.77.